The molecule has 4 nitrogen and oxygen atoms in total. The van der Waals surface area contributed by atoms with Crippen LogP contribution < -0.4 is 5.73 Å². The van der Waals surface area contributed by atoms with Gasteiger partial charge in [0.2, 0.25) is 5.91 Å². The molecule has 0 fully saturated rings. The number of carbonyl (C=O) groups is 1. The predicted octanol–water partition coefficient (Wildman–Crippen LogP) is 3.75. The molecule has 0 saturated heterocycles. The van der Waals surface area contributed by atoms with E-state index in [1.54, 1.807) is 6.20 Å². The van der Waals surface area contributed by atoms with Crippen LogP contribution in [0.15, 0.2) is 60.9 Å². The van der Waals surface area contributed by atoms with Crippen molar-refractivity contribution in [2.75, 3.05) is 0 Å². The van der Waals surface area contributed by atoms with Crippen molar-refractivity contribution in [3.8, 4) is 11.3 Å². The molecule has 126 valence electrons. The molecule has 0 bridgehead atoms. The molecule has 1 atom stereocenters. The van der Waals surface area contributed by atoms with Crippen molar-refractivity contribution < 1.29 is 9.18 Å². The number of amides is 1. The third kappa shape index (κ3) is 4.00. The monoisotopic (exact) mass is 355 g/mol. The molecule has 0 spiro atoms. The number of primary amides is 1. The number of nitrogens with two attached hydrogens (primary N) is 1. The zero-order valence-corrected chi connectivity index (χ0v) is 13.9. The maximum absolute atomic E-state index is 14.0. The fraction of sp³-hybridized carbons (Fsp3) is 0.105. The zero-order chi connectivity index (χ0) is 17.8. The lowest BCUT2D eigenvalue weighted by atomic mass is 9.93. The molecule has 25 heavy (non-hydrogen) atoms. The predicted molar refractivity (Wildman–Crippen MR) is 94.5 cm³/mol. The van der Waals surface area contributed by atoms with Crippen LogP contribution in [0.2, 0.25) is 5.02 Å². The average molecular weight is 356 g/mol. The van der Waals surface area contributed by atoms with Crippen molar-refractivity contribution in [2.24, 2.45) is 5.73 Å². The third-order valence-electron chi connectivity index (χ3n) is 3.85. The molecule has 0 aliphatic carbocycles. The van der Waals surface area contributed by atoms with Gasteiger partial charge in [-0.25, -0.2) is 9.37 Å². The molecule has 0 unspecified atom stereocenters. The van der Waals surface area contributed by atoms with Crippen molar-refractivity contribution in [2.45, 2.75) is 12.3 Å². The molecule has 2 aromatic carbocycles. The van der Waals surface area contributed by atoms with Gasteiger partial charge in [-0.05, 0) is 23.8 Å². The number of hydrogen-bond acceptors (Lipinski definition) is 3. The lowest BCUT2D eigenvalue weighted by molar-refractivity contribution is -0.119. The summed E-state index contributed by atoms with van der Waals surface area (Å²) in [5.41, 5.74) is 7.51. The second-order valence-electron chi connectivity index (χ2n) is 5.59. The average Bonchev–Trinajstić information content (AvgIpc) is 2.62. The van der Waals surface area contributed by atoms with E-state index in [0.29, 0.717) is 16.4 Å². The Hall–Kier alpha value is -2.79. The summed E-state index contributed by atoms with van der Waals surface area (Å²) in [6, 6.07) is 13.5. The van der Waals surface area contributed by atoms with Gasteiger partial charge in [0, 0.05) is 23.2 Å². The smallest absolute Gasteiger partial charge is 0.225 e. The Morgan fingerprint density at radius 3 is 2.64 bits per heavy atom. The Balaban J connectivity index is 1.93. The summed E-state index contributed by atoms with van der Waals surface area (Å²) in [5.74, 6) is -1.42. The van der Waals surface area contributed by atoms with Crippen LogP contribution in [0.1, 0.15) is 17.2 Å². The van der Waals surface area contributed by atoms with Crippen LogP contribution in [0, 0.1) is 5.82 Å². The van der Waals surface area contributed by atoms with Crippen LogP contribution in [0.25, 0.3) is 11.3 Å². The van der Waals surface area contributed by atoms with E-state index in [1.807, 2.05) is 30.3 Å². The lowest BCUT2D eigenvalue weighted by Crippen LogP contribution is -2.23. The van der Waals surface area contributed by atoms with Gasteiger partial charge in [-0.1, -0.05) is 41.9 Å². The Labute approximate surface area is 149 Å². The first kappa shape index (κ1) is 17.0. The SMILES string of the molecule is NC(=O)[C@@H](Cc1cncc(-c2cc(Cl)ccc2F)n1)c1ccccc1. The van der Waals surface area contributed by atoms with Gasteiger partial charge in [-0.15, -0.1) is 0 Å². The van der Waals surface area contributed by atoms with Gasteiger partial charge in [0.25, 0.3) is 0 Å². The Bertz CT molecular complexity index is 902. The van der Waals surface area contributed by atoms with Gasteiger partial charge >= 0.3 is 0 Å². The second-order valence-corrected chi connectivity index (χ2v) is 6.03. The summed E-state index contributed by atoms with van der Waals surface area (Å²) in [4.78, 5) is 20.4. The van der Waals surface area contributed by atoms with Crippen LogP contribution in [-0.2, 0) is 11.2 Å². The van der Waals surface area contributed by atoms with Gasteiger partial charge in [0.15, 0.2) is 0 Å². The van der Waals surface area contributed by atoms with E-state index in [1.165, 1.54) is 24.4 Å². The molecule has 0 aliphatic rings. The summed E-state index contributed by atoms with van der Waals surface area (Å²) in [6.45, 7) is 0. The van der Waals surface area contributed by atoms with E-state index in [0.717, 1.165) is 5.56 Å². The van der Waals surface area contributed by atoms with Crippen molar-refractivity contribution >= 4 is 17.5 Å². The molecule has 3 rings (SSSR count). The van der Waals surface area contributed by atoms with E-state index < -0.39 is 17.6 Å². The minimum Gasteiger partial charge on any atom is -0.369 e. The van der Waals surface area contributed by atoms with Crippen LogP contribution in [0.4, 0.5) is 4.39 Å². The number of hydrogen-bond donors (Lipinski definition) is 1. The van der Waals surface area contributed by atoms with Crippen LogP contribution >= 0.6 is 11.6 Å². The largest absolute Gasteiger partial charge is 0.369 e. The minimum absolute atomic E-state index is 0.261. The molecule has 1 aromatic heterocycles. The third-order valence-corrected chi connectivity index (χ3v) is 4.08. The number of rotatable bonds is 5. The molecule has 2 N–H and O–H groups in total. The van der Waals surface area contributed by atoms with Crippen molar-refractivity contribution in [3.63, 3.8) is 0 Å². The molecule has 1 heterocycles. The van der Waals surface area contributed by atoms with Crippen molar-refractivity contribution in [1.82, 2.24) is 9.97 Å². The molecule has 0 saturated carbocycles. The first-order valence-electron chi connectivity index (χ1n) is 7.65. The quantitative estimate of drug-likeness (QED) is 0.757. The number of halogens is 2. The molecule has 0 aliphatic heterocycles. The van der Waals surface area contributed by atoms with Crippen molar-refractivity contribution in [1.29, 1.82) is 0 Å². The highest BCUT2D eigenvalue weighted by Gasteiger charge is 2.19. The summed E-state index contributed by atoms with van der Waals surface area (Å²) >= 11 is 5.94. The van der Waals surface area contributed by atoms with Gasteiger partial charge in [-0.2, -0.15) is 0 Å². The number of aromatic nitrogens is 2. The second kappa shape index (κ2) is 7.40. The Morgan fingerprint density at radius 2 is 1.92 bits per heavy atom. The standard InChI is InChI=1S/C19H15ClFN3O/c20-13-6-7-17(21)16(8-13)18-11-23-10-14(24-18)9-15(19(22)25)12-4-2-1-3-5-12/h1-8,10-11,15H,9H2,(H2,22,25)/t15-/m0/s1. The van der Waals surface area contributed by atoms with E-state index in [-0.39, 0.29) is 12.0 Å². The highest BCUT2D eigenvalue weighted by Crippen LogP contribution is 2.25. The van der Waals surface area contributed by atoms with E-state index in [4.69, 9.17) is 17.3 Å². The molecular formula is C19H15ClFN3O. The number of carbonyl (C=O) groups excluding carboxylic acids is 1. The number of nitrogens with zero attached hydrogens (tertiary/aromatic N) is 2. The van der Waals surface area contributed by atoms with Gasteiger partial charge in [-0.3, -0.25) is 9.78 Å². The van der Waals surface area contributed by atoms with Crippen LogP contribution in [0.5, 0.6) is 0 Å². The number of benzene rings is 2. The molecule has 6 heteroatoms. The highest BCUT2D eigenvalue weighted by atomic mass is 35.5. The van der Waals surface area contributed by atoms with Crippen LogP contribution in [-0.4, -0.2) is 15.9 Å². The Kier molecular flexibility index (Phi) is 5.05. The molecule has 0 radical (unpaired) electrons. The normalized spacial score (nSPS) is 11.9. The summed E-state index contributed by atoms with van der Waals surface area (Å²) in [7, 11) is 0. The fourth-order valence-corrected chi connectivity index (χ4v) is 2.78. The topological polar surface area (TPSA) is 68.9 Å². The zero-order valence-electron chi connectivity index (χ0n) is 13.2. The van der Waals surface area contributed by atoms with E-state index in [2.05, 4.69) is 9.97 Å². The van der Waals surface area contributed by atoms with E-state index >= 15 is 0 Å². The minimum atomic E-state index is -0.532. The molecular weight excluding hydrogens is 341 g/mol. The van der Waals surface area contributed by atoms with Crippen LogP contribution in [0.3, 0.4) is 0 Å². The van der Waals surface area contributed by atoms with Gasteiger partial charge in [0.05, 0.1) is 23.5 Å². The van der Waals surface area contributed by atoms with Gasteiger partial charge < -0.3 is 5.73 Å². The molecule has 1 amide bonds. The van der Waals surface area contributed by atoms with E-state index in [9.17, 15) is 9.18 Å². The molecule has 3 aromatic rings. The highest BCUT2D eigenvalue weighted by molar-refractivity contribution is 6.30. The first-order chi connectivity index (χ1) is 12.0. The summed E-state index contributed by atoms with van der Waals surface area (Å²) in [6.07, 6.45) is 3.28. The first-order valence-corrected chi connectivity index (χ1v) is 8.03. The van der Waals surface area contributed by atoms with Gasteiger partial charge in [0.1, 0.15) is 5.82 Å². The summed E-state index contributed by atoms with van der Waals surface area (Å²) in [5, 5.41) is 0.405. The fourth-order valence-electron chi connectivity index (χ4n) is 2.61. The maximum atomic E-state index is 14.0. The lowest BCUT2D eigenvalue weighted by Gasteiger charge is -2.14. The Morgan fingerprint density at radius 1 is 1.16 bits per heavy atom. The maximum Gasteiger partial charge on any atom is 0.225 e. The van der Waals surface area contributed by atoms with Crippen molar-refractivity contribution in [3.05, 3.63) is 83.0 Å². The summed E-state index contributed by atoms with van der Waals surface area (Å²) < 4.78 is 14.0.